The number of nitrogens with one attached hydrogen (secondary N) is 1. The lowest BCUT2D eigenvalue weighted by atomic mass is 10.1. The fraction of sp³-hybridized carbons (Fsp3) is 0.647. The van der Waals surface area contributed by atoms with Crippen molar-refractivity contribution in [1.29, 1.82) is 0 Å². The third kappa shape index (κ3) is 6.29. The number of ether oxygens (including phenoxy) is 2. The predicted octanol–water partition coefficient (Wildman–Crippen LogP) is 3.87. The molecule has 1 N–H and O–H groups in total. The van der Waals surface area contributed by atoms with Gasteiger partial charge in [-0.1, -0.05) is 33.8 Å². The van der Waals surface area contributed by atoms with Crippen LogP contribution in [0.4, 0.5) is 0 Å². The Morgan fingerprint density at radius 3 is 2.40 bits per heavy atom. The van der Waals surface area contributed by atoms with Crippen LogP contribution < -0.4 is 14.8 Å². The zero-order valence-corrected chi connectivity index (χ0v) is 13.5. The van der Waals surface area contributed by atoms with E-state index in [4.69, 9.17) is 9.47 Å². The summed E-state index contributed by atoms with van der Waals surface area (Å²) in [5.74, 6) is 2.96. The summed E-state index contributed by atoms with van der Waals surface area (Å²) in [4.78, 5) is 0. The molecule has 0 spiro atoms. The summed E-state index contributed by atoms with van der Waals surface area (Å²) in [5.41, 5.74) is 1.23. The van der Waals surface area contributed by atoms with Crippen LogP contribution in [-0.2, 0) is 6.54 Å². The fourth-order valence-corrected chi connectivity index (χ4v) is 1.85. The van der Waals surface area contributed by atoms with Crippen molar-refractivity contribution in [3.05, 3.63) is 23.8 Å². The Morgan fingerprint density at radius 2 is 1.80 bits per heavy atom. The summed E-state index contributed by atoms with van der Waals surface area (Å²) in [5, 5.41) is 3.44. The van der Waals surface area contributed by atoms with E-state index >= 15 is 0 Å². The third-order valence-electron chi connectivity index (χ3n) is 3.06. The van der Waals surface area contributed by atoms with E-state index in [1.165, 1.54) is 5.56 Å². The van der Waals surface area contributed by atoms with Gasteiger partial charge >= 0.3 is 0 Å². The summed E-state index contributed by atoms with van der Waals surface area (Å²) in [6.45, 7) is 11.4. The van der Waals surface area contributed by atoms with Gasteiger partial charge in [-0.25, -0.2) is 0 Å². The average molecular weight is 279 g/mol. The minimum atomic E-state index is 0.650. The van der Waals surface area contributed by atoms with Gasteiger partial charge in [0, 0.05) is 6.54 Å². The number of hydrogen-bond donors (Lipinski definition) is 1. The lowest BCUT2D eigenvalue weighted by molar-refractivity contribution is 0.272. The SMILES string of the molecule is COc1ccc(CNCC(C)C)cc1OCCC(C)C. The van der Waals surface area contributed by atoms with Crippen molar-refractivity contribution in [3.8, 4) is 11.5 Å². The van der Waals surface area contributed by atoms with E-state index in [1.54, 1.807) is 7.11 Å². The van der Waals surface area contributed by atoms with Gasteiger partial charge in [0.1, 0.15) is 0 Å². The summed E-state index contributed by atoms with van der Waals surface area (Å²) >= 11 is 0. The highest BCUT2D eigenvalue weighted by Crippen LogP contribution is 2.28. The highest BCUT2D eigenvalue weighted by molar-refractivity contribution is 5.42. The summed E-state index contributed by atoms with van der Waals surface area (Å²) < 4.78 is 11.2. The van der Waals surface area contributed by atoms with Gasteiger partial charge in [0.15, 0.2) is 11.5 Å². The molecule has 20 heavy (non-hydrogen) atoms. The molecule has 1 rings (SSSR count). The van der Waals surface area contributed by atoms with Crippen LogP contribution in [0.5, 0.6) is 11.5 Å². The van der Waals surface area contributed by atoms with E-state index in [1.807, 2.05) is 6.07 Å². The highest BCUT2D eigenvalue weighted by atomic mass is 16.5. The zero-order valence-electron chi connectivity index (χ0n) is 13.5. The van der Waals surface area contributed by atoms with Crippen molar-refractivity contribution in [1.82, 2.24) is 5.32 Å². The molecule has 3 heteroatoms. The molecule has 0 fully saturated rings. The molecule has 0 amide bonds. The molecule has 114 valence electrons. The van der Waals surface area contributed by atoms with E-state index in [-0.39, 0.29) is 0 Å². The van der Waals surface area contributed by atoms with Crippen LogP contribution in [0.2, 0.25) is 0 Å². The molecule has 0 bridgehead atoms. The molecule has 0 aliphatic rings. The molecule has 1 aromatic carbocycles. The minimum Gasteiger partial charge on any atom is -0.493 e. The fourth-order valence-electron chi connectivity index (χ4n) is 1.85. The van der Waals surface area contributed by atoms with Gasteiger partial charge < -0.3 is 14.8 Å². The lowest BCUT2D eigenvalue weighted by Crippen LogP contribution is -2.19. The van der Waals surface area contributed by atoms with Crippen molar-refractivity contribution < 1.29 is 9.47 Å². The monoisotopic (exact) mass is 279 g/mol. The van der Waals surface area contributed by atoms with Crippen LogP contribution >= 0.6 is 0 Å². The second kappa shape index (κ2) is 8.85. The molecular weight excluding hydrogens is 250 g/mol. The van der Waals surface area contributed by atoms with Gasteiger partial charge in [-0.15, -0.1) is 0 Å². The first-order valence-electron chi connectivity index (χ1n) is 7.53. The van der Waals surface area contributed by atoms with E-state index in [9.17, 15) is 0 Å². The smallest absolute Gasteiger partial charge is 0.161 e. The molecule has 0 aromatic heterocycles. The maximum Gasteiger partial charge on any atom is 0.161 e. The maximum atomic E-state index is 5.85. The molecular formula is C17H29NO2. The molecule has 0 heterocycles. The molecule has 0 saturated carbocycles. The van der Waals surface area contributed by atoms with Crippen molar-refractivity contribution in [2.45, 2.75) is 40.7 Å². The second-order valence-corrected chi connectivity index (χ2v) is 6.04. The minimum absolute atomic E-state index is 0.650. The van der Waals surface area contributed by atoms with Gasteiger partial charge in [-0.3, -0.25) is 0 Å². The van der Waals surface area contributed by atoms with Crippen LogP contribution in [0.1, 0.15) is 39.7 Å². The van der Waals surface area contributed by atoms with Crippen LogP contribution in [0.3, 0.4) is 0 Å². The molecule has 1 aromatic rings. The maximum absolute atomic E-state index is 5.85. The average Bonchev–Trinajstić information content (AvgIpc) is 2.38. The Bertz CT molecular complexity index is 389. The second-order valence-electron chi connectivity index (χ2n) is 6.04. The molecule has 0 radical (unpaired) electrons. The Balaban J connectivity index is 2.60. The van der Waals surface area contributed by atoms with Crippen molar-refractivity contribution in [2.24, 2.45) is 11.8 Å². The van der Waals surface area contributed by atoms with Crippen LogP contribution in [0, 0.1) is 11.8 Å². The van der Waals surface area contributed by atoms with E-state index < -0.39 is 0 Å². The molecule has 0 saturated heterocycles. The lowest BCUT2D eigenvalue weighted by Gasteiger charge is -2.14. The van der Waals surface area contributed by atoms with Crippen LogP contribution in [-0.4, -0.2) is 20.3 Å². The Kier molecular flexibility index (Phi) is 7.45. The summed E-state index contributed by atoms with van der Waals surface area (Å²) in [6.07, 6.45) is 1.05. The number of benzene rings is 1. The molecule has 3 nitrogen and oxygen atoms in total. The normalized spacial score (nSPS) is 11.2. The Morgan fingerprint density at radius 1 is 1.05 bits per heavy atom. The third-order valence-corrected chi connectivity index (χ3v) is 3.06. The summed E-state index contributed by atoms with van der Waals surface area (Å²) in [6, 6.07) is 6.14. The van der Waals surface area contributed by atoms with E-state index in [0.717, 1.165) is 37.6 Å². The van der Waals surface area contributed by atoms with E-state index in [2.05, 4.69) is 45.1 Å². The Hall–Kier alpha value is -1.22. The van der Waals surface area contributed by atoms with Crippen molar-refractivity contribution in [2.75, 3.05) is 20.3 Å². The van der Waals surface area contributed by atoms with Crippen molar-refractivity contribution in [3.63, 3.8) is 0 Å². The standard InChI is InChI=1S/C17H29NO2/c1-13(2)8-9-20-17-10-15(6-7-16(17)19-5)12-18-11-14(3)4/h6-7,10,13-14,18H,8-9,11-12H2,1-5H3. The first kappa shape index (κ1) is 16.8. The largest absolute Gasteiger partial charge is 0.493 e. The quantitative estimate of drug-likeness (QED) is 0.744. The molecule has 0 aliphatic heterocycles. The zero-order chi connectivity index (χ0) is 15.0. The molecule has 0 aliphatic carbocycles. The van der Waals surface area contributed by atoms with Crippen molar-refractivity contribution >= 4 is 0 Å². The highest BCUT2D eigenvalue weighted by Gasteiger charge is 2.06. The van der Waals surface area contributed by atoms with Gasteiger partial charge in [0.05, 0.1) is 13.7 Å². The first-order chi connectivity index (χ1) is 9.52. The van der Waals surface area contributed by atoms with Gasteiger partial charge in [0.2, 0.25) is 0 Å². The molecule has 0 atom stereocenters. The van der Waals surface area contributed by atoms with Gasteiger partial charge in [0.25, 0.3) is 0 Å². The van der Waals surface area contributed by atoms with Gasteiger partial charge in [-0.05, 0) is 42.5 Å². The number of methoxy groups -OCH3 is 1. The Labute approximate surface area is 123 Å². The van der Waals surface area contributed by atoms with Gasteiger partial charge in [-0.2, -0.15) is 0 Å². The summed E-state index contributed by atoms with van der Waals surface area (Å²) in [7, 11) is 1.68. The van der Waals surface area contributed by atoms with Crippen LogP contribution in [0.15, 0.2) is 18.2 Å². The van der Waals surface area contributed by atoms with E-state index in [0.29, 0.717) is 11.8 Å². The van der Waals surface area contributed by atoms with Crippen LogP contribution in [0.25, 0.3) is 0 Å². The number of rotatable bonds is 9. The topological polar surface area (TPSA) is 30.5 Å². The predicted molar refractivity (Wildman–Crippen MR) is 84.5 cm³/mol. The first-order valence-corrected chi connectivity index (χ1v) is 7.53. The number of hydrogen-bond acceptors (Lipinski definition) is 3. The molecule has 0 unspecified atom stereocenters.